The van der Waals surface area contributed by atoms with Crippen LogP contribution in [0.15, 0.2) is 11.3 Å². The van der Waals surface area contributed by atoms with Gasteiger partial charge in [-0.1, -0.05) is 34.1 Å². The minimum atomic E-state index is -0.0330. The Kier molecular flexibility index (Phi) is 5.36. The lowest BCUT2D eigenvalue weighted by Crippen LogP contribution is -2.54. The molecule has 0 saturated heterocycles. The number of fused-ring (bicyclic) bond motifs is 7. The topological polar surface area (TPSA) is 29.5 Å². The van der Waals surface area contributed by atoms with Gasteiger partial charge in [-0.25, -0.2) is 0 Å². The van der Waals surface area contributed by atoms with Gasteiger partial charge in [0.1, 0.15) is 6.10 Å². The first-order valence-corrected chi connectivity index (χ1v) is 13.3. The van der Waals surface area contributed by atoms with Crippen molar-refractivity contribution in [3.05, 3.63) is 11.3 Å². The van der Waals surface area contributed by atoms with Gasteiger partial charge in [0.25, 0.3) is 0 Å². The molecule has 0 amide bonds. The van der Waals surface area contributed by atoms with Crippen molar-refractivity contribution in [3.63, 3.8) is 0 Å². The molecule has 0 radical (unpaired) electrons. The number of hydrogen-bond acceptors (Lipinski definition) is 2. The van der Waals surface area contributed by atoms with Crippen molar-refractivity contribution < 1.29 is 9.84 Å². The summed E-state index contributed by atoms with van der Waals surface area (Å²) >= 11 is 0. The summed E-state index contributed by atoms with van der Waals surface area (Å²) in [5.74, 6) is 6.23. The van der Waals surface area contributed by atoms with E-state index in [-0.39, 0.29) is 6.10 Å². The molecule has 1 N–H and O–H groups in total. The zero-order valence-electron chi connectivity index (χ0n) is 20.3. The number of allylic oxidation sites excluding steroid dienone is 1. The zero-order chi connectivity index (χ0) is 21.3. The Morgan fingerprint density at radius 2 is 1.80 bits per heavy atom. The van der Waals surface area contributed by atoms with E-state index in [0.717, 1.165) is 48.9 Å². The fourth-order valence-corrected chi connectivity index (χ4v) is 9.40. The fraction of sp³-hybridized carbons (Fsp3) is 0.929. The summed E-state index contributed by atoms with van der Waals surface area (Å²) < 4.78 is 6.72. The molecule has 2 heteroatoms. The Bertz CT molecular complexity index is 697. The highest BCUT2D eigenvalue weighted by Crippen LogP contribution is 2.69. The van der Waals surface area contributed by atoms with Crippen LogP contribution >= 0.6 is 0 Å². The van der Waals surface area contributed by atoms with Crippen LogP contribution in [0.3, 0.4) is 0 Å². The molecule has 4 aliphatic carbocycles. The van der Waals surface area contributed by atoms with Gasteiger partial charge in [-0.2, -0.15) is 0 Å². The van der Waals surface area contributed by atoms with Gasteiger partial charge >= 0.3 is 0 Å². The third kappa shape index (κ3) is 3.06. The molecule has 0 aromatic rings. The lowest BCUT2D eigenvalue weighted by atomic mass is 9.44. The summed E-state index contributed by atoms with van der Waals surface area (Å²) in [6.45, 7) is 12.3. The van der Waals surface area contributed by atoms with Gasteiger partial charge in [-0.05, 0) is 111 Å². The van der Waals surface area contributed by atoms with E-state index >= 15 is 0 Å². The monoisotopic (exact) mass is 414 g/mol. The average Bonchev–Trinajstić information content (AvgIpc) is 3.20. The second-order valence-corrected chi connectivity index (χ2v) is 12.7. The Morgan fingerprint density at radius 3 is 2.57 bits per heavy atom. The molecule has 170 valence electrons. The van der Waals surface area contributed by atoms with Crippen molar-refractivity contribution in [1.29, 1.82) is 0 Å². The van der Waals surface area contributed by atoms with Gasteiger partial charge in [0, 0.05) is 12.3 Å². The van der Waals surface area contributed by atoms with Crippen LogP contribution in [0, 0.1) is 46.3 Å². The van der Waals surface area contributed by atoms with E-state index in [2.05, 4.69) is 34.6 Å². The van der Waals surface area contributed by atoms with Gasteiger partial charge in [-0.3, -0.25) is 0 Å². The molecule has 5 rings (SSSR count). The highest BCUT2D eigenvalue weighted by atomic mass is 16.5. The molecule has 1 aliphatic heterocycles. The van der Waals surface area contributed by atoms with Crippen LogP contribution in [0.2, 0.25) is 0 Å². The molecule has 0 unspecified atom stereocenters. The minimum absolute atomic E-state index is 0.0330. The molecular weight excluding hydrogens is 368 g/mol. The third-order valence-corrected chi connectivity index (χ3v) is 11.4. The third-order valence-electron chi connectivity index (χ3n) is 11.4. The van der Waals surface area contributed by atoms with E-state index in [4.69, 9.17) is 4.74 Å². The molecule has 0 spiro atoms. The van der Waals surface area contributed by atoms with Crippen LogP contribution in [0.25, 0.3) is 0 Å². The largest absolute Gasteiger partial charge is 0.494 e. The van der Waals surface area contributed by atoms with Crippen LogP contribution in [-0.2, 0) is 4.74 Å². The van der Waals surface area contributed by atoms with Crippen molar-refractivity contribution in [2.75, 3.05) is 0 Å². The lowest BCUT2D eigenvalue weighted by molar-refractivity contribution is -0.124. The molecule has 4 fully saturated rings. The maximum atomic E-state index is 10.3. The van der Waals surface area contributed by atoms with Crippen molar-refractivity contribution in [2.45, 2.75) is 117 Å². The second-order valence-electron chi connectivity index (χ2n) is 12.7. The highest BCUT2D eigenvalue weighted by Gasteiger charge is 2.64. The molecule has 30 heavy (non-hydrogen) atoms. The summed E-state index contributed by atoms with van der Waals surface area (Å²) in [6, 6.07) is 0. The first-order chi connectivity index (χ1) is 14.3. The maximum Gasteiger partial charge on any atom is 0.106 e. The first-order valence-electron chi connectivity index (χ1n) is 13.3. The summed E-state index contributed by atoms with van der Waals surface area (Å²) in [5, 5.41) is 10.3. The summed E-state index contributed by atoms with van der Waals surface area (Å²) in [5.41, 5.74) is 2.55. The van der Waals surface area contributed by atoms with E-state index in [1.807, 2.05) is 0 Å². The molecule has 10 atom stereocenters. The molecular formula is C28H46O2. The number of hydrogen-bond donors (Lipinski definition) is 1. The number of ether oxygens (including phenoxy) is 1. The summed E-state index contributed by atoms with van der Waals surface area (Å²) in [4.78, 5) is 0. The quantitative estimate of drug-likeness (QED) is 0.531. The van der Waals surface area contributed by atoms with Crippen molar-refractivity contribution in [2.24, 2.45) is 46.3 Å². The van der Waals surface area contributed by atoms with E-state index < -0.39 is 0 Å². The Balaban J connectivity index is 1.36. The van der Waals surface area contributed by atoms with E-state index in [1.54, 1.807) is 5.57 Å². The Labute approximate surface area is 185 Å². The molecule has 0 aromatic heterocycles. The molecule has 1 heterocycles. The highest BCUT2D eigenvalue weighted by molar-refractivity contribution is 5.26. The number of aliphatic hydroxyl groups is 1. The van der Waals surface area contributed by atoms with Crippen LogP contribution in [-0.4, -0.2) is 17.3 Å². The van der Waals surface area contributed by atoms with Crippen molar-refractivity contribution in [3.8, 4) is 0 Å². The Morgan fingerprint density at radius 1 is 1.03 bits per heavy atom. The van der Waals surface area contributed by atoms with Gasteiger partial charge in [0.2, 0.25) is 0 Å². The van der Waals surface area contributed by atoms with Crippen LogP contribution < -0.4 is 0 Å². The molecule has 4 saturated carbocycles. The van der Waals surface area contributed by atoms with E-state index in [1.165, 1.54) is 57.1 Å². The minimum Gasteiger partial charge on any atom is -0.494 e. The summed E-state index contributed by atoms with van der Waals surface area (Å²) in [7, 11) is 0. The fourth-order valence-electron chi connectivity index (χ4n) is 9.40. The summed E-state index contributed by atoms with van der Waals surface area (Å²) in [6.07, 6.45) is 14.4. The van der Waals surface area contributed by atoms with E-state index in [9.17, 15) is 5.11 Å². The smallest absolute Gasteiger partial charge is 0.106 e. The number of rotatable bonds is 4. The zero-order valence-corrected chi connectivity index (χ0v) is 20.3. The van der Waals surface area contributed by atoms with Gasteiger partial charge < -0.3 is 9.84 Å². The number of aliphatic hydroxyl groups excluding tert-OH is 1. The normalized spacial score (nSPS) is 50.9. The first kappa shape index (κ1) is 21.4. The van der Waals surface area contributed by atoms with Crippen molar-refractivity contribution >= 4 is 0 Å². The van der Waals surface area contributed by atoms with Crippen LogP contribution in [0.5, 0.6) is 0 Å². The van der Waals surface area contributed by atoms with Gasteiger partial charge in [0.15, 0.2) is 0 Å². The van der Waals surface area contributed by atoms with Crippen LogP contribution in [0.1, 0.15) is 105 Å². The maximum absolute atomic E-state index is 10.3. The molecule has 2 nitrogen and oxygen atoms in total. The van der Waals surface area contributed by atoms with Crippen LogP contribution in [0.4, 0.5) is 0 Å². The molecule has 0 bridgehead atoms. The predicted molar refractivity (Wildman–Crippen MR) is 123 cm³/mol. The standard InChI is InChI=1S/C28H46O2/c1-6-17(2)7-10-24-18(3)26-25(30-24)16-23-21-9-8-19-15-20(29)11-13-27(19,4)22(21)12-14-28(23,26)5/h17,19-23,25-26,29H,6-16H2,1-5H3/t17-,19+,20+,21-,22+,23+,25+,26+,27+,28+/m1/s1. The van der Waals surface area contributed by atoms with E-state index in [0.29, 0.717) is 22.9 Å². The SMILES string of the molecule is CC[C@@H](C)CCC1=C(C)[C@H]2[C@H](C[C@H]3[C@@H]4CC[C@H]5C[C@@H](O)CC[C@]5(C)[C@H]4CC[C@@]32C)O1. The van der Waals surface area contributed by atoms with Gasteiger partial charge in [-0.15, -0.1) is 0 Å². The average molecular weight is 415 g/mol. The molecule has 5 aliphatic rings. The molecule has 0 aromatic carbocycles. The second kappa shape index (κ2) is 7.53. The Hall–Kier alpha value is -0.500. The van der Waals surface area contributed by atoms with Gasteiger partial charge in [0.05, 0.1) is 11.9 Å². The lowest BCUT2D eigenvalue weighted by Gasteiger charge is -2.60. The van der Waals surface area contributed by atoms with Crippen molar-refractivity contribution in [1.82, 2.24) is 0 Å². The predicted octanol–water partition coefficient (Wildman–Crippen LogP) is 7.12.